The second-order valence-corrected chi connectivity index (χ2v) is 8.82. The van der Waals surface area contributed by atoms with Gasteiger partial charge in [-0.25, -0.2) is 0 Å². The Bertz CT molecular complexity index is 496. The summed E-state index contributed by atoms with van der Waals surface area (Å²) in [6, 6.07) is 0. The quantitative estimate of drug-likeness (QED) is 0.670. The summed E-state index contributed by atoms with van der Waals surface area (Å²) < 4.78 is 0. The van der Waals surface area contributed by atoms with Gasteiger partial charge in [-0.15, -0.1) is 0 Å². The molecule has 4 aliphatic rings. The van der Waals surface area contributed by atoms with Crippen molar-refractivity contribution < 1.29 is 9.59 Å². The molecular weight excluding hydrogens is 260 g/mol. The van der Waals surface area contributed by atoms with Crippen LogP contribution in [0, 0.1) is 34.5 Å². The van der Waals surface area contributed by atoms with E-state index in [1.165, 1.54) is 19.3 Å². The number of carbonyl (C=O) groups is 2. The Hall–Kier alpha value is -0.660. The van der Waals surface area contributed by atoms with Crippen LogP contribution >= 0.6 is 0 Å². The SMILES string of the molecule is C[C@]12CC[C@H]3[C@@H](CCC4CC(=O)CC[C@]43C)[C@@H]1CCC2=O. The maximum absolute atomic E-state index is 12.4. The van der Waals surface area contributed by atoms with Gasteiger partial charge in [-0.3, -0.25) is 9.59 Å². The van der Waals surface area contributed by atoms with E-state index in [1.54, 1.807) is 0 Å². The first kappa shape index (κ1) is 14.0. The molecule has 0 bridgehead atoms. The minimum Gasteiger partial charge on any atom is -0.300 e. The first-order valence-corrected chi connectivity index (χ1v) is 9.00. The summed E-state index contributed by atoms with van der Waals surface area (Å²) in [5.74, 6) is 3.82. The molecule has 116 valence electrons. The lowest BCUT2D eigenvalue weighted by molar-refractivity contribution is -0.144. The summed E-state index contributed by atoms with van der Waals surface area (Å²) in [6.07, 6.45) is 9.53. The maximum Gasteiger partial charge on any atom is 0.139 e. The van der Waals surface area contributed by atoms with Crippen molar-refractivity contribution >= 4 is 11.6 Å². The molecule has 0 aromatic carbocycles. The van der Waals surface area contributed by atoms with Crippen molar-refractivity contribution in [2.45, 2.75) is 71.6 Å². The smallest absolute Gasteiger partial charge is 0.139 e. The third-order valence-corrected chi connectivity index (χ3v) is 8.19. The van der Waals surface area contributed by atoms with E-state index in [1.807, 2.05) is 0 Å². The van der Waals surface area contributed by atoms with Crippen LogP contribution in [0.3, 0.4) is 0 Å². The van der Waals surface area contributed by atoms with Gasteiger partial charge in [0.15, 0.2) is 0 Å². The van der Waals surface area contributed by atoms with E-state index >= 15 is 0 Å². The summed E-state index contributed by atoms with van der Waals surface area (Å²) in [4.78, 5) is 24.2. The van der Waals surface area contributed by atoms with Crippen LogP contribution in [0.1, 0.15) is 71.6 Å². The van der Waals surface area contributed by atoms with Crippen LogP contribution in [0.4, 0.5) is 0 Å². The van der Waals surface area contributed by atoms with Crippen molar-refractivity contribution in [2.24, 2.45) is 34.5 Å². The fourth-order valence-corrected chi connectivity index (χ4v) is 6.82. The van der Waals surface area contributed by atoms with Gasteiger partial charge in [0.1, 0.15) is 11.6 Å². The fraction of sp³-hybridized carbons (Fsp3) is 0.895. The Balaban J connectivity index is 1.65. The number of carbonyl (C=O) groups excluding carboxylic acids is 2. The molecule has 6 atom stereocenters. The molecule has 4 aliphatic carbocycles. The topological polar surface area (TPSA) is 34.1 Å². The Morgan fingerprint density at radius 3 is 2.52 bits per heavy atom. The average Bonchev–Trinajstić information content (AvgIpc) is 2.76. The number of ketones is 2. The highest BCUT2D eigenvalue weighted by molar-refractivity contribution is 5.87. The normalized spacial score (nSPS) is 53.0. The molecule has 0 amide bonds. The van der Waals surface area contributed by atoms with Crippen molar-refractivity contribution in [2.75, 3.05) is 0 Å². The minimum atomic E-state index is -0.00511. The Kier molecular flexibility index (Phi) is 2.94. The molecule has 1 unspecified atom stereocenters. The largest absolute Gasteiger partial charge is 0.300 e. The summed E-state index contributed by atoms with van der Waals surface area (Å²) in [7, 11) is 0. The third kappa shape index (κ3) is 1.77. The highest BCUT2D eigenvalue weighted by Gasteiger charge is 2.60. The summed E-state index contributed by atoms with van der Waals surface area (Å²) in [5, 5.41) is 0. The van der Waals surface area contributed by atoms with Gasteiger partial charge in [-0.2, -0.15) is 0 Å². The number of Topliss-reactive ketones (excluding diaryl/α,β-unsaturated/α-hetero) is 2. The van der Waals surface area contributed by atoms with Crippen molar-refractivity contribution in [1.82, 2.24) is 0 Å². The zero-order valence-electron chi connectivity index (χ0n) is 13.5. The molecule has 4 saturated carbocycles. The highest BCUT2D eigenvalue weighted by Crippen LogP contribution is 2.65. The van der Waals surface area contributed by atoms with Gasteiger partial charge in [0.25, 0.3) is 0 Å². The average molecular weight is 288 g/mol. The molecule has 0 spiro atoms. The Morgan fingerprint density at radius 2 is 1.71 bits per heavy atom. The van der Waals surface area contributed by atoms with Crippen LogP contribution in [0.25, 0.3) is 0 Å². The molecule has 21 heavy (non-hydrogen) atoms. The number of rotatable bonds is 0. The zero-order valence-corrected chi connectivity index (χ0v) is 13.5. The van der Waals surface area contributed by atoms with Crippen molar-refractivity contribution in [1.29, 1.82) is 0 Å². The van der Waals surface area contributed by atoms with Gasteiger partial charge in [0.05, 0.1) is 0 Å². The van der Waals surface area contributed by atoms with Crippen LogP contribution in [-0.4, -0.2) is 11.6 Å². The standard InChI is InChI=1S/C19H28O2/c1-18-9-7-13(20)11-12(18)3-4-14-15-5-6-17(21)19(15,2)10-8-16(14)18/h12,14-16H,3-11H2,1-2H3/t12?,14-,15-,16-,18+,19-/m0/s1. The molecule has 0 N–H and O–H groups in total. The molecule has 0 aliphatic heterocycles. The van der Waals surface area contributed by atoms with E-state index < -0.39 is 0 Å². The van der Waals surface area contributed by atoms with E-state index in [9.17, 15) is 9.59 Å². The molecule has 2 heteroatoms. The molecule has 0 radical (unpaired) electrons. The summed E-state index contributed by atoms with van der Waals surface area (Å²) in [6.45, 7) is 4.72. The first-order valence-electron chi connectivity index (χ1n) is 9.00. The predicted molar refractivity (Wildman–Crippen MR) is 81.7 cm³/mol. The lowest BCUT2D eigenvalue weighted by Crippen LogP contribution is -2.53. The molecular formula is C19H28O2. The molecule has 0 aromatic heterocycles. The van der Waals surface area contributed by atoms with E-state index in [2.05, 4.69) is 13.8 Å². The van der Waals surface area contributed by atoms with Gasteiger partial charge >= 0.3 is 0 Å². The van der Waals surface area contributed by atoms with E-state index in [0.29, 0.717) is 28.8 Å². The van der Waals surface area contributed by atoms with Crippen molar-refractivity contribution in [3.05, 3.63) is 0 Å². The lowest BCUT2D eigenvalue weighted by atomic mass is 9.45. The highest BCUT2D eigenvalue weighted by atomic mass is 16.1. The Morgan fingerprint density at radius 1 is 0.905 bits per heavy atom. The monoisotopic (exact) mass is 288 g/mol. The van der Waals surface area contributed by atoms with Gasteiger partial charge < -0.3 is 0 Å². The second-order valence-electron chi connectivity index (χ2n) is 8.82. The number of hydrogen-bond acceptors (Lipinski definition) is 2. The Labute approximate surface area is 128 Å². The number of fused-ring (bicyclic) bond motifs is 5. The van der Waals surface area contributed by atoms with Gasteiger partial charge in [-0.05, 0) is 67.6 Å². The molecule has 0 aromatic rings. The molecule has 4 rings (SSSR count). The van der Waals surface area contributed by atoms with Crippen molar-refractivity contribution in [3.8, 4) is 0 Å². The van der Waals surface area contributed by atoms with Crippen LogP contribution in [-0.2, 0) is 9.59 Å². The second kappa shape index (κ2) is 4.43. The van der Waals surface area contributed by atoms with Crippen molar-refractivity contribution in [3.63, 3.8) is 0 Å². The van der Waals surface area contributed by atoms with Gasteiger partial charge in [0, 0.05) is 24.7 Å². The van der Waals surface area contributed by atoms with Crippen LogP contribution in [0.15, 0.2) is 0 Å². The molecule has 0 saturated heterocycles. The van der Waals surface area contributed by atoms with Crippen LogP contribution in [0.5, 0.6) is 0 Å². The molecule has 4 fully saturated rings. The van der Waals surface area contributed by atoms with Gasteiger partial charge in [0.2, 0.25) is 0 Å². The zero-order chi connectivity index (χ0) is 14.8. The van der Waals surface area contributed by atoms with E-state index in [4.69, 9.17) is 0 Å². The fourth-order valence-electron chi connectivity index (χ4n) is 6.82. The number of hydrogen-bond donors (Lipinski definition) is 0. The molecule has 0 heterocycles. The third-order valence-electron chi connectivity index (χ3n) is 8.19. The van der Waals surface area contributed by atoms with Gasteiger partial charge in [-0.1, -0.05) is 13.8 Å². The first-order chi connectivity index (χ1) is 9.95. The van der Waals surface area contributed by atoms with E-state index in [-0.39, 0.29) is 5.41 Å². The molecule has 2 nitrogen and oxygen atoms in total. The van der Waals surface area contributed by atoms with Crippen LogP contribution < -0.4 is 0 Å². The van der Waals surface area contributed by atoms with Crippen LogP contribution in [0.2, 0.25) is 0 Å². The summed E-state index contributed by atoms with van der Waals surface area (Å²) in [5.41, 5.74) is 0.374. The maximum atomic E-state index is 12.4. The van der Waals surface area contributed by atoms with E-state index in [0.717, 1.165) is 50.4 Å². The summed E-state index contributed by atoms with van der Waals surface area (Å²) >= 11 is 0. The minimum absolute atomic E-state index is 0.00511. The lowest BCUT2D eigenvalue weighted by Gasteiger charge is -2.59. The predicted octanol–water partition coefficient (Wildman–Crippen LogP) is 4.17.